The van der Waals surface area contributed by atoms with Crippen LogP contribution in [0.5, 0.6) is 0 Å². The number of carboxylic acids is 1. The van der Waals surface area contributed by atoms with Gasteiger partial charge >= 0.3 is 5.97 Å². The van der Waals surface area contributed by atoms with Crippen LogP contribution in [0, 0.1) is 5.92 Å². The summed E-state index contributed by atoms with van der Waals surface area (Å²) in [6, 6.07) is -1.48. The highest BCUT2D eigenvalue weighted by Crippen LogP contribution is 2.47. The molecule has 9 heavy (non-hydrogen) atoms. The Morgan fingerprint density at radius 3 is 2.00 bits per heavy atom. The Balaban J connectivity index is 2.62. The van der Waals surface area contributed by atoms with Crippen molar-refractivity contribution in [2.75, 3.05) is 0 Å². The van der Waals surface area contributed by atoms with E-state index >= 15 is 0 Å². The lowest BCUT2D eigenvalue weighted by atomic mass is 10.4. The highest BCUT2D eigenvalue weighted by molar-refractivity contribution is 5.77. The summed E-state index contributed by atoms with van der Waals surface area (Å²) in [6.07, 6.45) is 0. The van der Waals surface area contributed by atoms with Crippen molar-refractivity contribution in [3.63, 3.8) is 0 Å². The zero-order chi connectivity index (χ0) is 7.23. The Hall–Kier alpha value is -0.710. The zero-order valence-corrected chi connectivity index (χ0v) is 4.34. The van der Waals surface area contributed by atoms with E-state index < -0.39 is 23.9 Å². The molecule has 0 amide bonds. The Labute approximate surface area is 49.5 Å². The molecule has 0 aromatic rings. The van der Waals surface area contributed by atoms with Gasteiger partial charge in [-0.3, -0.25) is 4.79 Å². The van der Waals surface area contributed by atoms with Crippen molar-refractivity contribution in [3.05, 3.63) is 0 Å². The van der Waals surface area contributed by atoms with Gasteiger partial charge in [0.25, 0.3) is 5.92 Å². The van der Waals surface area contributed by atoms with E-state index in [2.05, 4.69) is 0 Å². The number of halogens is 2. The van der Waals surface area contributed by atoms with Crippen molar-refractivity contribution in [3.8, 4) is 0 Å². The molecule has 0 aromatic heterocycles. The van der Waals surface area contributed by atoms with Gasteiger partial charge in [-0.2, -0.15) is 0 Å². The van der Waals surface area contributed by atoms with Crippen molar-refractivity contribution < 1.29 is 18.7 Å². The minimum absolute atomic E-state index is 1.48. The Morgan fingerprint density at radius 2 is 2.00 bits per heavy atom. The van der Waals surface area contributed by atoms with Crippen LogP contribution in [0.25, 0.3) is 0 Å². The van der Waals surface area contributed by atoms with Crippen molar-refractivity contribution in [2.24, 2.45) is 11.7 Å². The summed E-state index contributed by atoms with van der Waals surface area (Å²) in [5.41, 5.74) is 4.71. The average Bonchev–Trinajstić information content (AvgIpc) is 2.07. The molecule has 0 saturated heterocycles. The van der Waals surface area contributed by atoms with E-state index in [0.717, 1.165) is 0 Å². The first-order valence-corrected chi connectivity index (χ1v) is 2.34. The van der Waals surface area contributed by atoms with Crippen molar-refractivity contribution in [1.29, 1.82) is 0 Å². The second-order valence-corrected chi connectivity index (χ2v) is 2.02. The summed E-state index contributed by atoms with van der Waals surface area (Å²) in [4.78, 5) is 9.83. The smallest absolute Gasteiger partial charge is 0.314 e. The SMILES string of the molecule is N[C@@H]1[C@@H](C(=O)O)C1(F)F. The molecule has 3 N–H and O–H groups in total. The number of carboxylic acid groups (broad SMARTS) is 1. The average molecular weight is 137 g/mol. The minimum atomic E-state index is -3.17. The maximum Gasteiger partial charge on any atom is 0.314 e. The maximum atomic E-state index is 11.9. The minimum Gasteiger partial charge on any atom is -0.481 e. The van der Waals surface area contributed by atoms with Gasteiger partial charge in [0.2, 0.25) is 0 Å². The lowest BCUT2D eigenvalue weighted by Crippen LogP contribution is -2.09. The quantitative estimate of drug-likeness (QED) is 0.519. The maximum absolute atomic E-state index is 11.9. The fourth-order valence-corrected chi connectivity index (χ4v) is 0.669. The molecule has 0 spiro atoms. The number of rotatable bonds is 1. The summed E-state index contributed by atoms with van der Waals surface area (Å²) >= 11 is 0. The van der Waals surface area contributed by atoms with Crippen LogP contribution in [-0.2, 0) is 4.79 Å². The number of aliphatic carboxylic acids is 1. The molecule has 1 rings (SSSR count). The van der Waals surface area contributed by atoms with E-state index in [1.54, 1.807) is 0 Å². The van der Waals surface area contributed by atoms with E-state index in [0.29, 0.717) is 0 Å². The molecule has 0 radical (unpaired) electrons. The van der Waals surface area contributed by atoms with Gasteiger partial charge in [-0.25, -0.2) is 8.78 Å². The first-order valence-electron chi connectivity index (χ1n) is 2.34. The number of hydrogen-bond donors (Lipinski definition) is 2. The molecule has 1 fully saturated rings. The molecule has 0 aromatic carbocycles. The predicted molar refractivity (Wildman–Crippen MR) is 24.0 cm³/mol. The summed E-state index contributed by atoms with van der Waals surface area (Å²) in [5.74, 6) is -6.35. The predicted octanol–water partition coefficient (Wildman–Crippen LogP) is -0.337. The Bertz CT molecular complexity index is 159. The molecule has 2 atom stereocenters. The van der Waals surface area contributed by atoms with E-state index in [4.69, 9.17) is 10.8 Å². The topological polar surface area (TPSA) is 63.3 Å². The third-order valence-corrected chi connectivity index (χ3v) is 1.38. The van der Waals surface area contributed by atoms with Crippen LogP contribution < -0.4 is 5.73 Å². The van der Waals surface area contributed by atoms with E-state index in [-0.39, 0.29) is 0 Å². The van der Waals surface area contributed by atoms with Gasteiger partial charge in [0.15, 0.2) is 0 Å². The Morgan fingerprint density at radius 1 is 1.67 bits per heavy atom. The lowest BCUT2D eigenvalue weighted by molar-refractivity contribution is -0.140. The molecular weight excluding hydrogens is 132 g/mol. The van der Waals surface area contributed by atoms with E-state index in [9.17, 15) is 13.6 Å². The van der Waals surface area contributed by atoms with Gasteiger partial charge < -0.3 is 10.8 Å². The van der Waals surface area contributed by atoms with Crippen LogP contribution in [0.1, 0.15) is 0 Å². The van der Waals surface area contributed by atoms with Gasteiger partial charge in [0.05, 0.1) is 6.04 Å². The standard InChI is InChI=1S/C4H5F2NO2/c5-4(6)1(2(4)7)3(8)9/h1-2H,7H2,(H,8,9)/t1-,2+/m0/s1. The van der Waals surface area contributed by atoms with Crippen LogP contribution >= 0.6 is 0 Å². The summed E-state index contributed by atoms with van der Waals surface area (Å²) in [5, 5.41) is 8.00. The monoisotopic (exact) mass is 137 g/mol. The first-order chi connectivity index (χ1) is 3.98. The van der Waals surface area contributed by atoms with Gasteiger partial charge in [-0.05, 0) is 0 Å². The fraction of sp³-hybridized carbons (Fsp3) is 0.750. The summed E-state index contributed by atoms with van der Waals surface area (Å²) in [7, 11) is 0. The molecule has 0 unspecified atom stereocenters. The van der Waals surface area contributed by atoms with Crippen molar-refractivity contribution in [1.82, 2.24) is 0 Å². The Kier molecular flexibility index (Phi) is 1.01. The molecule has 0 bridgehead atoms. The first kappa shape index (κ1) is 6.41. The van der Waals surface area contributed by atoms with Gasteiger partial charge in [0, 0.05) is 0 Å². The summed E-state index contributed by atoms with van der Waals surface area (Å²) < 4.78 is 23.9. The van der Waals surface area contributed by atoms with Crippen LogP contribution in [-0.4, -0.2) is 23.0 Å². The lowest BCUT2D eigenvalue weighted by Gasteiger charge is -1.85. The third-order valence-electron chi connectivity index (χ3n) is 1.38. The van der Waals surface area contributed by atoms with Crippen LogP contribution in [0.4, 0.5) is 8.78 Å². The molecule has 0 aliphatic heterocycles. The van der Waals surface area contributed by atoms with Crippen LogP contribution in [0.15, 0.2) is 0 Å². The summed E-state index contributed by atoms with van der Waals surface area (Å²) in [6.45, 7) is 0. The molecule has 1 aliphatic rings. The molecule has 3 nitrogen and oxygen atoms in total. The number of nitrogens with two attached hydrogens (primary N) is 1. The number of carbonyl (C=O) groups is 1. The molecule has 5 heteroatoms. The second kappa shape index (κ2) is 1.41. The molecule has 52 valence electrons. The van der Waals surface area contributed by atoms with Gasteiger partial charge in [-0.15, -0.1) is 0 Å². The van der Waals surface area contributed by atoms with E-state index in [1.165, 1.54) is 0 Å². The third kappa shape index (κ3) is 0.682. The number of alkyl halides is 2. The van der Waals surface area contributed by atoms with Crippen molar-refractivity contribution in [2.45, 2.75) is 12.0 Å². The highest BCUT2D eigenvalue weighted by Gasteiger charge is 2.70. The largest absolute Gasteiger partial charge is 0.481 e. The van der Waals surface area contributed by atoms with E-state index in [1.807, 2.05) is 0 Å². The van der Waals surface area contributed by atoms with Crippen molar-refractivity contribution >= 4 is 5.97 Å². The zero-order valence-electron chi connectivity index (χ0n) is 4.34. The van der Waals surface area contributed by atoms with Gasteiger partial charge in [-0.1, -0.05) is 0 Å². The number of hydrogen-bond acceptors (Lipinski definition) is 2. The highest BCUT2D eigenvalue weighted by atomic mass is 19.3. The van der Waals surface area contributed by atoms with Gasteiger partial charge in [0.1, 0.15) is 5.92 Å². The normalized spacial score (nSPS) is 38.1. The molecule has 0 heterocycles. The molecule has 1 aliphatic carbocycles. The van der Waals surface area contributed by atoms with Crippen LogP contribution in [0.2, 0.25) is 0 Å². The van der Waals surface area contributed by atoms with Crippen LogP contribution in [0.3, 0.4) is 0 Å². The fourth-order valence-electron chi connectivity index (χ4n) is 0.669. The molecular formula is C4H5F2NO2. The second-order valence-electron chi connectivity index (χ2n) is 2.02. The molecule has 1 saturated carbocycles.